The highest BCUT2D eigenvalue weighted by Crippen LogP contribution is 2.29. The number of hydrazine groups is 1. The zero-order valence-electron chi connectivity index (χ0n) is 9.39. The van der Waals surface area contributed by atoms with Gasteiger partial charge in [0.1, 0.15) is 0 Å². The van der Waals surface area contributed by atoms with Gasteiger partial charge in [0.15, 0.2) is 0 Å². The van der Waals surface area contributed by atoms with Gasteiger partial charge in [0.05, 0.1) is 0 Å². The highest BCUT2D eigenvalue weighted by molar-refractivity contribution is 6.13. The summed E-state index contributed by atoms with van der Waals surface area (Å²) in [4.78, 5) is 35.6. The molecule has 0 spiro atoms. The van der Waals surface area contributed by atoms with Crippen molar-refractivity contribution in [1.29, 1.82) is 0 Å². The number of imide groups is 1. The van der Waals surface area contributed by atoms with Crippen LogP contribution in [0.4, 0.5) is 0 Å². The molecule has 1 aliphatic heterocycles. The molecule has 1 saturated carbocycles. The summed E-state index contributed by atoms with van der Waals surface area (Å²) in [5, 5.41) is 0. The van der Waals surface area contributed by atoms with Gasteiger partial charge in [-0.05, 0) is 25.7 Å². The summed E-state index contributed by atoms with van der Waals surface area (Å²) in [6, 6.07) is -0.0770. The molecule has 0 aromatic heterocycles. The molecule has 0 radical (unpaired) electrons. The molecule has 17 heavy (non-hydrogen) atoms. The largest absolute Gasteiger partial charge is 0.294 e. The van der Waals surface area contributed by atoms with Gasteiger partial charge >= 0.3 is 0 Å². The number of nitrogens with two attached hydrogens (primary N) is 1. The third kappa shape index (κ3) is 2.21. The van der Waals surface area contributed by atoms with Crippen molar-refractivity contribution in [3.63, 3.8) is 0 Å². The molecule has 2 rings (SSSR count). The minimum atomic E-state index is -0.248. The molecule has 0 saturated heterocycles. The molecule has 0 bridgehead atoms. The number of rotatable bonds is 2. The molecule has 92 valence electrons. The van der Waals surface area contributed by atoms with Crippen LogP contribution in [0.25, 0.3) is 0 Å². The first-order valence-electron chi connectivity index (χ1n) is 5.69. The molecule has 1 aliphatic carbocycles. The first-order chi connectivity index (χ1) is 8.13. The summed E-state index contributed by atoms with van der Waals surface area (Å²) in [6.45, 7) is 0. The molecule has 3 N–H and O–H groups in total. The number of hydrogen-bond donors (Lipinski definition) is 2. The maximum Gasteiger partial charge on any atom is 0.253 e. The van der Waals surface area contributed by atoms with Gasteiger partial charge in [0.2, 0.25) is 5.91 Å². The summed E-state index contributed by atoms with van der Waals surface area (Å²) in [6.07, 6.45) is 5.23. The lowest BCUT2D eigenvalue weighted by Crippen LogP contribution is -2.44. The number of hydrogen-bond acceptors (Lipinski definition) is 4. The van der Waals surface area contributed by atoms with E-state index in [0.29, 0.717) is 25.7 Å². The van der Waals surface area contributed by atoms with Gasteiger partial charge in [-0.2, -0.15) is 0 Å². The van der Waals surface area contributed by atoms with Crippen molar-refractivity contribution >= 4 is 17.7 Å². The smallest absolute Gasteiger partial charge is 0.253 e. The van der Waals surface area contributed by atoms with Crippen LogP contribution >= 0.6 is 0 Å². The second-order valence-corrected chi connectivity index (χ2v) is 4.39. The van der Waals surface area contributed by atoms with Crippen LogP contribution in [0.2, 0.25) is 0 Å². The van der Waals surface area contributed by atoms with Crippen LogP contribution < -0.4 is 11.3 Å². The van der Waals surface area contributed by atoms with Crippen molar-refractivity contribution in [3.05, 3.63) is 12.2 Å². The lowest BCUT2D eigenvalue weighted by Gasteiger charge is -2.32. The van der Waals surface area contributed by atoms with Gasteiger partial charge in [-0.3, -0.25) is 24.7 Å². The topological polar surface area (TPSA) is 92.5 Å². The zero-order valence-corrected chi connectivity index (χ0v) is 9.39. The van der Waals surface area contributed by atoms with Crippen LogP contribution in [0.3, 0.4) is 0 Å². The lowest BCUT2D eigenvalue weighted by molar-refractivity contribution is -0.140. The van der Waals surface area contributed by atoms with E-state index in [4.69, 9.17) is 5.84 Å². The molecule has 2 aliphatic rings. The van der Waals surface area contributed by atoms with Gasteiger partial charge in [-0.15, -0.1) is 0 Å². The van der Waals surface area contributed by atoms with Gasteiger partial charge in [-0.1, -0.05) is 0 Å². The number of amides is 3. The fourth-order valence-corrected chi connectivity index (χ4v) is 2.49. The van der Waals surface area contributed by atoms with Crippen LogP contribution in [0, 0.1) is 5.92 Å². The van der Waals surface area contributed by atoms with Crippen LogP contribution in [0.15, 0.2) is 12.2 Å². The number of nitrogens with one attached hydrogen (secondary N) is 1. The van der Waals surface area contributed by atoms with E-state index < -0.39 is 0 Å². The summed E-state index contributed by atoms with van der Waals surface area (Å²) in [5.41, 5.74) is 2.14. The Labute approximate surface area is 98.8 Å². The lowest BCUT2D eigenvalue weighted by atomic mass is 9.85. The predicted molar refractivity (Wildman–Crippen MR) is 59.1 cm³/mol. The Morgan fingerprint density at radius 3 is 2.18 bits per heavy atom. The normalized spacial score (nSPS) is 28.6. The van der Waals surface area contributed by atoms with Crippen molar-refractivity contribution in [2.75, 3.05) is 0 Å². The van der Waals surface area contributed by atoms with E-state index in [1.54, 1.807) is 0 Å². The maximum absolute atomic E-state index is 11.5. The van der Waals surface area contributed by atoms with Crippen LogP contribution in [0.1, 0.15) is 25.7 Å². The predicted octanol–water partition coefficient (Wildman–Crippen LogP) is -0.540. The van der Waals surface area contributed by atoms with E-state index in [2.05, 4.69) is 5.43 Å². The molecular formula is C11H15N3O3. The maximum atomic E-state index is 11.5. The highest BCUT2D eigenvalue weighted by Gasteiger charge is 2.35. The molecule has 0 aromatic rings. The second kappa shape index (κ2) is 4.67. The Kier molecular flexibility index (Phi) is 3.23. The van der Waals surface area contributed by atoms with Crippen molar-refractivity contribution in [2.45, 2.75) is 31.7 Å². The van der Waals surface area contributed by atoms with E-state index in [0.717, 1.165) is 0 Å². The van der Waals surface area contributed by atoms with Gasteiger partial charge in [0.25, 0.3) is 11.8 Å². The van der Waals surface area contributed by atoms with Crippen LogP contribution in [-0.2, 0) is 14.4 Å². The molecule has 6 nitrogen and oxygen atoms in total. The van der Waals surface area contributed by atoms with E-state index >= 15 is 0 Å². The summed E-state index contributed by atoms with van der Waals surface area (Å²) in [7, 11) is 0. The molecule has 6 heteroatoms. The Bertz CT molecular complexity index is 365. The standard InChI is InChI=1S/C11H15N3O3/c12-13-11(17)7-1-3-8(4-2-7)14-9(15)5-6-10(14)16/h5-8H,1-4,12H2,(H,13,17). The van der Waals surface area contributed by atoms with Crippen LogP contribution in [-0.4, -0.2) is 28.7 Å². The fourth-order valence-electron chi connectivity index (χ4n) is 2.49. The third-order valence-electron chi connectivity index (χ3n) is 3.42. The van der Waals surface area contributed by atoms with E-state index in [-0.39, 0.29) is 29.7 Å². The summed E-state index contributed by atoms with van der Waals surface area (Å²) < 4.78 is 0. The Morgan fingerprint density at radius 1 is 1.18 bits per heavy atom. The quantitative estimate of drug-likeness (QED) is 0.292. The number of nitrogens with zero attached hydrogens (tertiary/aromatic N) is 1. The fraction of sp³-hybridized carbons (Fsp3) is 0.545. The summed E-state index contributed by atoms with van der Waals surface area (Å²) >= 11 is 0. The second-order valence-electron chi connectivity index (χ2n) is 4.39. The SMILES string of the molecule is NNC(=O)C1CCC(N2C(=O)C=CC2=O)CC1. The number of carbonyl (C=O) groups is 3. The average Bonchev–Trinajstić information content (AvgIpc) is 2.68. The Balaban J connectivity index is 1.93. The van der Waals surface area contributed by atoms with Gasteiger partial charge in [0, 0.05) is 24.1 Å². The van der Waals surface area contributed by atoms with E-state index in [1.807, 2.05) is 0 Å². The number of carbonyl (C=O) groups excluding carboxylic acids is 3. The van der Waals surface area contributed by atoms with Crippen molar-refractivity contribution in [1.82, 2.24) is 10.3 Å². The van der Waals surface area contributed by atoms with Crippen molar-refractivity contribution < 1.29 is 14.4 Å². The average molecular weight is 237 g/mol. The monoisotopic (exact) mass is 237 g/mol. The molecular weight excluding hydrogens is 222 g/mol. The van der Waals surface area contributed by atoms with Crippen molar-refractivity contribution in [2.24, 2.45) is 11.8 Å². The van der Waals surface area contributed by atoms with E-state index in [9.17, 15) is 14.4 Å². The molecule has 0 atom stereocenters. The van der Waals surface area contributed by atoms with Gasteiger partial charge in [-0.25, -0.2) is 5.84 Å². The Hall–Kier alpha value is -1.69. The van der Waals surface area contributed by atoms with Gasteiger partial charge < -0.3 is 0 Å². The third-order valence-corrected chi connectivity index (χ3v) is 3.42. The van der Waals surface area contributed by atoms with E-state index in [1.165, 1.54) is 17.1 Å². The highest BCUT2D eigenvalue weighted by atomic mass is 16.2. The summed E-state index contributed by atoms with van der Waals surface area (Å²) in [5.74, 6) is 4.31. The molecule has 1 fully saturated rings. The van der Waals surface area contributed by atoms with Crippen LogP contribution in [0.5, 0.6) is 0 Å². The molecule has 0 aromatic carbocycles. The molecule has 3 amide bonds. The van der Waals surface area contributed by atoms with Crippen molar-refractivity contribution in [3.8, 4) is 0 Å². The molecule has 1 heterocycles. The Morgan fingerprint density at radius 2 is 1.71 bits per heavy atom. The minimum absolute atomic E-state index is 0.0770. The first-order valence-corrected chi connectivity index (χ1v) is 5.69. The zero-order chi connectivity index (χ0) is 12.4. The first kappa shape index (κ1) is 11.8. The molecule has 0 unspecified atom stereocenters. The minimum Gasteiger partial charge on any atom is -0.294 e.